The van der Waals surface area contributed by atoms with E-state index in [1.807, 2.05) is 50.2 Å². The lowest BCUT2D eigenvalue weighted by atomic mass is 10.1. The molecule has 3 rings (SSSR count). The number of rotatable bonds is 6. The van der Waals surface area contributed by atoms with Crippen molar-refractivity contribution in [3.8, 4) is 17.6 Å². The fraction of sp³-hybridized carbons (Fsp3) is 0.190. The number of amides is 1. The second kappa shape index (κ2) is 8.91. The van der Waals surface area contributed by atoms with Crippen molar-refractivity contribution in [2.24, 2.45) is 0 Å². The van der Waals surface area contributed by atoms with Gasteiger partial charge in [0.1, 0.15) is 6.07 Å². The van der Waals surface area contributed by atoms with E-state index in [2.05, 4.69) is 0 Å². The zero-order chi connectivity index (χ0) is 20.1. The molecule has 0 spiro atoms. The van der Waals surface area contributed by atoms with Crippen LogP contribution in [0.15, 0.2) is 47.4 Å². The summed E-state index contributed by atoms with van der Waals surface area (Å²) in [5.41, 5.74) is 2.66. The maximum absolute atomic E-state index is 12.9. The summed E-state index contributed by atoms with van der Waals surface area (Å²) in [6.45, 7) is 4.26. The molecule has 1 heterocycles. The SMILES string of the molecule is CCOc1cc(/C=C2/SC(=S)N(c3ccc(C)cc3)C2=O)ccc1OCC#N. The van der Waals surface area contributed by atoms with Crippen molar-refractivity contribution < 1.29 is 14.3 Å². The van der Waals surface area contributed by atoms with Crippen molar-refractivity contribution in [3.05, 3.63) is 58.5 Å². The van der Waals surface area contributed by atoms with Gasteiger partial charge in [-0.25, -0.2) is 0 Å². The van der Waals surface area contributed by atoms with Gasteiger partial charge in [-0.1, -0.05) is 47.7 Å². The molecular weight excluding hydrogens is 392 g/mol. The summed E-state index contributed by atoms with van der Waals surface area (Å²) >= 11 is 6.68. The number of carbonyl (C=O) groups is 1. The first-order valence-electron chi connectivity index (χ1n) is 8.64. The van der Waals surface area contributed by atoms with Crippen LogP contribution >= 0.6 is 24.0 Å². The van der Waals surface area contributed by atoms with Crippen LogP contribution in [0.4, 0.5) is 5.69 Å². The van der Waals surface area contributed by atoms with Crippen molar-refractivity contribution in [2.75, 3.05) is 18.1 Å². The third-order valence-corrected chi connectivity index (χ3v) is 5.25. The van der Waals surface area contributed by atoms with Gasteiger partial charge in [0.2, 0.25) is 0 Å². The third-order valence-electron chi connectivity index (χ3n) is 3.94. The van der Waals surface area contributed by atoms with Crippen LogP contribution in [0.2, 0.25) is 0 Å². The van der Waals surface area contributed by atoms with Gasteiger partial charge in [0.25, 0.3) is 5.91 Å². The van der Waals surface area contributed by atoms with E-state index >= 15 is 0 Å². The van der Waals surface area contributed by atoms with E-state index in [0.717, 1.165) is 16.8 Å². The van der Waals surface area contributed by atoms with Gasteiger partial charge in [-0.05, 0) is 49.8 Å². The van der Waals surface area contributed by atoms with Crippen LogP contribution in [-0.4, -0.2) is 23.4 Å². The topological polar surface area (TPSA) is 62.6 Å². The molecule has 1 aliphatic rings. The molecule has 0 bridgehead atoms. The zero-order valence-electron chi connectivity index (χ0n) is 15.5. The van der Waals surface area contributed by atoms with E-state index in [1.54, 1.807) is 23.1 Å². The third kappa shape index (κ3) is 4.35. The fourth-order valence-electron chi connectivity index (χ4n) is 2.65. The number of nitrogens with zero attached hydrogens (tertiary/aromatic N) is 2. The summed E-state index contributed by atoms with van der Waals surface area (Å²) in [5.74, 6) is 0.870. The standard InChI is InChI=1S/C21H18N2O3S2/c1-3-25-18-12-15(6-9-17(18)26-11-10-22)13-19-20(24)23(21(27)28-19)16-7-4-14(2)5-8-16/h4-9,12-13H,3,11H2,1-2H3/b19-13+. The molecule has 2 aromatic rings. The molecule has 0 aliphatic carbocycles. The van der Waals surface area contributed by atoms with E-state index in [1.165, 1.54) is 11.8 Å². The second-order valence-corrected chi connectivity index (χ2v) is 7.61. The minimum absolute atomic E-state index is 0.0609. The van der Waals surface area contributed by atoms with Crippen LogP contribution in [0.25, 0.3) is 6.08 Å². The number of aryl methyl sites for hydroxylation is 1. The lowest BCUT2D eigenvalue weighted by molar-refractivity contribution is -0.113. The molecule has 5 nitrogen and oxygen atoms in total. The Morgan fingerprint density at radius 1 is 1.18 bits per heavy atom. The van der Waals surface area contributed by atoms with Crippen molar-refractivity contribution >= 4 is 46.0 Å². The average Bonchev–Trinajstić information content (AvgIpc) is 2.95. The Labute approximate surface area is 173 Å². The molecule has 7 heteroatoms. The minimum Gasteiger partial charge on any atom is -0.490 e. The molecule has 0 atom stereocenters. The molecule has 1 fully saturated rings. The van der Waals surface area contributed by atoms with Gasteiger partial charge in [-0.2, -0.15) is 5.26 Å². The van der Waals surface area contributed by atoms with Gasteiger partial charge >= 0.3 is 0 Å². The highest BCUT2D eigenvalue weighted by Gasteiger charge is 2.33. The number of benzene rings is 2. The number of nitriles is 1. The van der Waals surface area contributed by atoms with Crippen LogP contribution in [0, 0.1) is 18.3 Å². The van der Waals surface area contributed by atoms with Crippen molar-refractivity contribution in [2.45, 2.75) is 13.8 Å². The van der Waals surface area contributed by atoms with Gasteiger partial charge in [-0.15, -0.1) is 0 Å². The van der Waals surface area contributed by atoms with Crippen LogP contribution in [0.3, 0.4) is 0 Å². The largest absolute Gasteiger partial charge is 0.490 e. The lowest BCUT2D eigenvalue weighted by Gasteiger charge is -2.14. The maximum atomic E-state index is 12.9. The Balaban J connectivity index is 1.88. The number of thioether (sulfide) groups is 1. The summed E-state index contributed by atoms with van der Waals surface area (Å²) in [5, 5.41) is 8.70. The molecule has 0 N–H and O–H groups in total. The first-order valence-corrected chi connectivity index (χ1v) is 9.87. The molecule has 0 saturated carbocycles. The van der Waals surface area contributed by atoms with E-state index in [-0.39, 0.29) is 12.5 Å². The summed E-state index contributed by atoms with van der Waals surface area (Å²) in [6.07, 6.45) is 1.78. The number of carbonyl (C=O) groups excluding carboxylic acids is 1. The predicted octanol–water partition coefficient (Wildman–Crippen LogP) is 4.70. The van der Waals surface area contributed by atoms with E-state index in [4.69, 9.17) is 27.0 Å². The van der Waals surface area contributed by atoms with Gasteiger partial charge in [0.15, 0.2) is 22.4 Å². The highest BCUT2D eigenvalue weighted by molar-refractivity contribution is 8.27. The van der Waals surface area contributed by atoms with Gasteiger partial charge < -0.3 is 9.47 Å². The molecule has 0 aromatic heterocycles. The quantitative estimate of drug-likeness (QED) is 0.508. The van der Waals surface area contributed by atoms with Crippen molar-refractivity contribution in [3.63, 3.8) is 0 Å². The van der Waals surface area contributed by atoms with E-state index in [9.17, 15) is 4.79 Å². The Morgan fingerprint density at radius 3 is 2.61 bits per heavy atom. The number of hydrogen-bond acceptors (Lipinski definition) is 6. The lowest BCUT2D eigenvalue weighted by Crippen LogP contribution is -2.27. The summed E-state index contributed by atoms with van der Waals surface area (Å²) < 4.78 is 11.5. The number of anilines is 1. The highest BCUT2D eigenvalue weighted by Crippen LogP contribution is 2.37. The molecule has 2 aromatic carbocycles. The van der Waals surface area contributed by atoms with E-state index in [0.29, 0.717) is 27.3 Å². The highest BCUT2D eigenvalue weighted by atomic mass is 32.2. The summed E-state index contributed by atoms with van der Waals surface area (Å²) in [4.78, 5) is 15.0. The Morgan fingerprint density at radius 2 is 1.93 bits per heavy atom. The Bertz CT molecular complexity index is 978. The normalized spacial score (nSPS) is 15.0. The van der Waals surface area contributed by atoms with Crippen molar-refractivity contribution in [1.82, 2.24) is 0 Å². The Hall–Kier alpha value is -2.82. The van der Waals surface area contributed by atoms with E-state index < -0.39 is 0 Å². The maximum Gasteiger partial charge on any atom is 0.270 e. The van der Waals surface area contributed by atoms with Crippen LogP contribution in [0.1, 0.15) is 18.1 Å². The number of hydrogen-bond donors (Lipinski definition) is 0. The molecule has 1 saturated heterocycles. The predicted molar refractivity (Wildman–Crippen MR) is 116 cm³/mol. The molecule has 1 amide bonds. The monoisotopic (exact) mass is 410 g/mol. The number of ether oxygens (including phenoxy) is 2. The second-order valence-electron chi connectivity index (χ2n) is 5.94. The smallest absolute Gasteiger partial charge is 0.270 e. The number of thiocarbonyl (C=S) groups is 1. The molecule has 0 radical (unpaired) electrons. The van der Waals surface area contributed by atoms with Crippen LogP contribution in [-0.2, 0) is 4.79 Å². The van der Waals surface area contributed by atoms with Crippen LogP contribution < -0.4 is 14.4 Å². The first-order chi connectivity index (χ1) is 13.5. The molecule has 28 heavy (non-hydrogen) atoms. The molecule has 142 valence electrons. The minimum atomic E-state index is -0.151. The van der Waals surface area contributed by atoms with Crippen molar-refractivity contribution in [1.29, 1.82) is 5.26 Å². The molecule has 0 unspecified atom stereocenters. The van der Waals surface area contributed by atoms with Crippen LogP contribution in [0.5, 0.6) is 11.5 Å². The molecule has 1 aliphatic heterocycles. The van der Waals surface area contributed by atoms with Gasteiger partial charge in [0.05, 0.1) is 17.2 Å². The summed E-state index contributed by atoms with van der Waals surface area (Å²) in [6, 6.07) is 14.9. The Kier molecular flexibility index (Phi) is 6.34. The molecular formula is C21H18N2O3S2. The first kappa shape index (κ1) is 19.9. The zero-order valence-corrected chi connectivity index (χ0v) is 17.1. The van der Waals surface area contributed by atoms with Gasteiger partial charge in [-0.3, -0.25) is 9.69 Å². The summed E-state index contributed by atoms with van der Waals surface area (Å²) in [7, 11) is 0. The average molecular weight is 411 g/mol. The van der Waals surface area contributed by atoms with Gasteiger partial charge in [0, 0.05) is 0 Å². The fourth-order valence-corrected chi connectivity index (χ4v) is 3.95.